The fourth-order valence-corrected chi connectivity index (χ4v) is 1.62. The second-order valence-electron chi connectivity index (χ2n) is 4.32. The largest absolute Gasteiger partial charge is 0.322 e. The van der Waals surface area contributed by atoms with E-state index < -0.39 is 0 Å². The van der Waals surface area contributed by atoms with Gasteiger partial charge in [0.25, 0.3) is 5.56 Å². The number of nitrogens with zero attached hydrogens (tertiary/aromatic N) is 1. The Morgan fingerprint density at radius 3 is 2.69 bits per heavy atom. The highest BCUT2D eigenvalue weighted by Crippen LogP contribution is 2.09. The molecule has 0 atom stereocenters. The molecule has 1 heterocycles. The van der Waals surface area contributed by atoms with Crippen LogP contribution in [0.1, 0.15) is 13.8 Å². The first kappa shape index (κ1) is 10.7. The Bertz CT molecular complexity index is 543. The van der Waals surface area contributed by atoms with Crippen molar-refractivity contribution in [2.45, 2.75) is 13.8 Å². The van der Waals surface area contributed by atoms with Crippen LogP contribution in [0, 0.1) is 5.92 Å². The monoisotopic (exact) mass is 216 g/mol. The number of fused-ring (bicyclic) bond motifs is 1. The molecule has 0 spiro atoms. The highest BCUT2D eigenvalue weighted by atomic mass is 16.1. The molecule has 0 saturated heterocycles. The molecular weight excluding hydrogens is 200 g/mol. The van der Waals surface area contributed by atoms with Gasteiger partial charge in [0.1, 0.15) is 0 Å². The normalized spacial score (nSPS) is 10.9. The molecule has 0 aliphatic heterocycles. The summed E-state index contributed by atoms with van der Waals surface area (Å²) in [6.45, 7) is 5.01. The first-order valence-electron chi connectivity index (χ1n) is 5.53. The van der Waals surface area contributed by atoms with E-state index >= 15 is 0 Å². The number of hydrogen-bond donors (Lipinski definition) is 1. The van der Waals surface area contributed by atoms with Gasteiger partial charge in [0.2, 0.25) is 0 Å². The van der Waals surface area contributed by atoms with Crippen molar-refractivity contribution < 1.29 is 0 Å². The van der Waals surface area contributed by atoms with Gasteiger partial charge in [0.05, 0.1) is 5.52 Å². The number of benzene rings is 1. The molecule has 2 rings (SSSR count). The van der Waals surface area contributed by atoms with Gasteiger partial charge in [0, 0.05) is 18.0 Å². The SMILES string of the molecule is CC(C)CNn1c(=O)ccc2ccccc21. The minimum absolute atomic E-state index is 0.0145. The topological polar surface area (TPSA) is 34.0 Å². The summed E-state index contributed by atoms with van der Waals surface area (Å²) in [5.74, 6) is 0.505. The molecule has 2 aromatic rings. The van der Waals surface area contributed by atoms with Gasteiger partial charge in [-0.3, -0.25) is 4.79 Å². The van der Waals surface area contributed by atoms with Crippen LogP contribution in [0.15, 0.2) is 41.2 Å². The van der Waals surface area contributed by atoms with E-state index in [1.165, 1.54) is 0 Å². The lowest BCUT2D eigenvalue weighted by Gasteiger charge is -2.13. The van der Waals surface area contributed by atoms with Crippen molar-refractivity contribution in [3.63, 3.8) is 0 Å². The van der Waals surface area contributed by atoms with E-state index in [0.717, 1.165) is 17.4 Å². The maximum absolute atomic E-state index is 11.7. The summed E-state index contributed by atoms with van der Waals surface area (Å²) in [4.78, 5) is 11.7. The summed E-state index contributed by atoms with van der Waals surface area (Å²) < 4.78 is 1.62. The molecule has 0 aliphatic rings. The quantitative estimate of drug-likeness (QED) is 0.853. The van der Waals surface area contributed by atoms with Crippen molar-refractivity contribution in [3.05, 3.63) is 46.8 Å². The lowest BCUT2D eigenvalue weighted by molar-refractivity contribution is 0.641. The first-order valence-corrected chi connectivity index (χ1v) is 5.53. The predicted molar refractivity (Wildman–Crippen MR) is 67.3 cm³/mol. The van der Waals surface area contributed by atoms with Gasteiger partial charge in [-0.2, -0.15) is 0 Å². The van der Waals surface area contributed by atoms with Gasteiger partial charge in [-0.1, -0.05) is 32.0 Å². The van der Waals surface area contributed by atoms with Gasteiger partial charge < -0.3 is 5.43 Å². The maximum Gasteiger partial charge on any atom is 0.269 e. The molecule has 16 heavy (non-hydrogen) atoms. The van der Waals surface area contributed by atoms with E-state index in [9.17, 15) is 4.79 Å². The zero-order valence-electron chi connectivity index (χ0n) is 9.60. The number of hydrogen-bond acceptors (Lipinski definition) is 2. The predicted octanol–water partition coefficient (Wildman–Crippen LogP) is 2.20. The summed E-state index contributed by atoms with van der Waals surface area (Å²) in [7, 11) is 0. The van der Waals surface area contributed by atoms with Crippen LogP contribution >= 0.6 is 0 Å². The Morgan fingerprint density at radius 1 is 1.19 bits per heavy atom. The van der Waals surface area contributed by atoms with E-state index in [2.05, 4.69) is 19.3 Å². The van der Waals surface area contributed by atoms with Gasteiger partial charge in [-0.05, 0) is 18.1 Å². The van der Waals surface area contributed by atoms with Crippen LogP contribution in [-0.4, -0.2) is 11.2 Å². The number of pyridine rings is 1. The van der Waals surface area contributed by atoms with E-state index in [4.69, 9.17) is 0 Å². The Morgan fingerprint density at radius 2 is 1.94 bits per heavy atom. The smallest absolute Gasteiger partial charge is 0.269 e. The van der Waals surface area contributed by atoms with Crippen LogP contribution in [-0.2, 0) is 0 Å². The van der Waals surface area contributed by atoms with Gasteiger partial charge in [0.15, 0.2) is 0 Å². The molecule has 0 aliphatic carbocycles. The van der Waals surface area contributed by atoms with Crippen molar-refractivity contribution >= 4 is 10.9 Å². The molecule has 0 fully saturated rings. The van der Waals surface area contributed by atoms with E-state index in [1.807, 2.05) is 30.3 Å². The van der Waals surface area contributed by atoms with Crippen molar-refractivity contribution in [2.24, 2.45) is 5.92 Å². The zero-order chi connectivity index (χ0) is 11.5. The molecule has 0 amide bonds. The molecule has 0 saturated carbocycles. The van der Waals surface area contributed by atoms with E-state index in [-0.39, 0.29) is 5.56 Å². The average molecular weight is 216 g/mol. The highest BCUT2D eigenvalue weighted by molar-refractivity contribution is 5.78. The fraction of sp³-hybridized carbons (Fsp3) is 0.308. The summed E-state index contributed by atoms with van der Waals surface area (Å²) >= 11 is 0. The molecule has 1 aromatic heterocycles. The summed E-state index contributed by atoms with van der Waals surface area (Å²) in [5.41, 5.74) is 4.07. The molecular formula is C13H16N2O. The second kappa shape index (κ2) is 4.39. The number of aromatic nitrogens is 1. The lowest BCUT2D eigenvalue weighted by Crippen LogP contribution is -2.30. The minimum Gasteiger partial charge on any atom is -0.322 e. The maximum atomic E-state index is 11.7. The third-order valence-electron chi connectivity index (χ3n) is 2.46. The minimum atomic E-state index is -0.0145. The van der Waals surface area contributed by atoms with Crippen LogP contribution in [0.2, 0.25) is 0 Å². The van der Waals surface area contributed by atoms with E-state index in [0.29, 0.717) is 5.92 Å². The van der Waals surface area contributed by atoms with E-state index in [1.54, 1.807) is 10.7 Å². The van der Waals surface area contributed by atoms with Crippen LogP contribution < -0.4 is 11.0 Å². The molecule has 1 N–H and O–H groups in total. The van der Waals surface area contributed by atoms with Crippen LogP contribution in [0.4, 0.5) is 0 Å². The lowest BCUT2D eigenvalue weighted by atomic mass is 10.2. The number of para-hydroxylation sites is 1. The molecule has 0 unspecified atom stereocenters. The first-order chi connectivity index (χ1) is 7.68. The van der Waals surface area contributed by atoms with Crippen molar-refractivity contribution in [3.8, 4) is 0 Å². The summed E-state index contributed by atoms with van der Waals surface area (Å²) in [5, 5.41) is 1.07. The number of rotatable bonds is 3. The van der Waals surface area contributed by atoms with Crippen LogP contribution in [0.25, 0.3) is 10.9 Å². The standard InChI is InChI=1S/C13H16N2O/c1-10(2)9-14-15-12-6-4-3-5-11(12)7-8-13(15)16/h3-8,10,14H,9H2,1-2H3. The van der Waals surface area contributed by atoms with Crippen LogP contribution in [0.3, 0.4) is 0 Å². The summed E-state index contributed by atoms with van der Waals surface area (Å²) in [6, 6.07) is 11.3. The fourth-order valence-electron chi connectivity index (χ4n) is 1.62. The highest BCUT2D eigenvalue weighted by Gasteiger charge is 2.01. The Kier molecular flexibility index (Phi) is 2.95. The molecule has 84 valence electrons. The molecule has 0 radical (unpaired) electrons. The van der Waals surface area contributed by atoms with Gasteiger partial charge in [-0.25, -0.2) is 4.68 Å². The third kappa shape index (κ3) is 2.08. The zero-order valence-corrected chi connectivity index (χ0v) is 9.60. The molecule has 0 bridgehead atoms. The average Bonchev–Trinajstić information content (AvgIpc) is 2.27. The third-order valence-corrected chi connectivity index (χ3v) is 2.46. The van der Waals surface area contributed by atoms with Gasteiger partial charge in [-0.15, -0.1) is 0 Å². The van der Waals surface area contributed by atoms with Crippen molar-refractivity contribution in [1.82, 2.24) is 4.68 Å². The second-order valence-corrected chi connectivity index (χ2v) is 4.32. The Labute approximate surface area is 94.7 Å². The summed E-state index contributed by atoms with van der Waals surface area (Å²) in [6.07, 6.45) is 0. The van der Waals surface area contributed by atoms with Crippen LogP contribution in [0.5, 0.6) is 0 Å². The van der Waals surface area contributed by atoms with Crippen molar-refractivity contribution in [1.29, 1.82) is 0 Å². The van der Waals surface area contributed by atoms with Crippen molar-refractivity contribution in [2.75, 3.05) is 12.0 Å². The number of nitrogens with one attached hydrogen (secondary N) is 1. The molecule has 3 heteroatoms. The Balaban J connectivity index is 2.49. The Hall–Kier alpha value is -1.77. The van der Waals surface area contributed by atoms with Gasteiger partial charge >= 0.3 is 0 Å². The molecule has 1 aromatic carbocycles. The molecule has 3 nitrogen and oxygen atoms in total.